The van der Waals surface area contributed by atoms with Gasteiger partial charge in [-0.2, -0.15) is 0 Å². The Balaban J connectivity index is 1.40. The third kappa shape index (κ3) is 5.36. The molecule has 0 bridgehead atoms. The van der Waals surface area contributed by atoms with Crippen LogP contribution in [-0.2, 0) is 14.8 Å². The van der Waals surface area contributed by atoms with Gasteiger partial charge in [-0.15, -0.1) is 0 Å². The Labute approximate surface area is 188 Å². The van der Waals surface area contributed by atoms with Crippen LogP contribution in [0.25, 0.3) is 11.1 Å². The SMILES string of the molecule is Cc1cccc(-c2ccc(S(=O)(=O)Nc3ccc(C(=O)NC[C@H]4CCCO4)cc3)cc2)c1. The summed E-state index contributed by atoms with van der Waals surface area (Å²) in [6.45, 7) is 3.24. The van der Waals surface area contributed by atoms with Crippen molar-refractivity contribution in [1.82, 2.24) is 5.32 Å². The summed E-state index contributed by atoms with van der Waals surface area (Å²) in [5, 5.41) is 2.85. The molecule has 166 valence electrons. The fourth-order valence-corrected chi connectivity index (χ4v) is 4.73. The van der Waals surface area contributed by atoms with Gasteiger partial charge in [0.2, 0.25) is 0 Å². The van der Waals surface area contributed by atoms with Gasteiger partial charge in [-0.3, -0.25) is 9.52 Å². The molecule has 3 aromatic rings. The normalized spacial score (nSPS) is 16.0. The zero-order valence-corrected chi connectivity index (χ0v) is 18.7. The van der Waals surface area contributed by atoms with E-state index in [4.69, 9.17) is 4.74 Å². The number of ether oxygens (including phenoxy) is 1. The summed E-state index contributed by atoms with van der Waals surface area (Å²) in [5.74, 6) is -0.207. The van der Waals surface area contributed by atoms with Crippen molar-refractivity contribution < 1.29 is 17.9 Å². The van der Waals surface area contributed by atoms with Gasteiger partial charge < -0.3 is 10.1 Å². The highest BCUT2D eigenvalue weighted by Gasteiger charge is 2.17. The Morgan fingerprint density at radius 3 is 2.41 bits per heavy atom. The van der Waals surface area contributed by atoms with Gasteiger partial charge in [0.25, 0.3) is 15.9 Å². The molecule has 32 heavy (non-hydrogen) atoms. The molecular formula is C25H26N2O4S. The summed E-state index contributed by atoms with van der Waals surface area (Å²) in [5.41, 5.74) is 3.99. The van der Waals surface area contributed by atoms with E-state index in [2.05, 4.69) is 16.1 Å². The van der Waals surface area contributed by atoms with Crippen molar-refractivity contribution in [3.8, 4) is 11.1 Å². The van der Waals surface area contributed by atoms with Crippen LogP contribution < -0.4 is 10.0 Å². The third-order valence-electron chi connectivity index (χ3n) is 5.43. The first-order chi connectivity index (χ1) is 15.4. The minimum atomic E-state index is -3.74. The number of hydrogen-bond acceptors (Lipinski definition) is 4. The minimum absolute atomic E-state index is 0.0716. The number of sulfonamides is 1. The summed E-state index contributed by atoms with van der Waals surface area (Å²) >= 11 is 0. The molecule has 4 rings (SSSR count). The maximum Gasteiger partial charge on any atom is 0.261 e. The van der Waals surface area contributed by atoms with Crippen LogP contribution in [0.2, 0.25) is 0 Å². The van der Waals surface area contributed by atoms with Crippen LogP contribution in [0.5, 0.6) is 0 Å². The van der Waals surface area contributed by atoms with E-state index in [-0.39, 0.29) is 16.9 Å². The molecule has 0 radical (unpaired) electrons. The monoisotopic (exact) mass is 450 g/mol. The lowest BCUT2D eigenvalue weighted by atomic mass is 10.0. The summed E-state index contributed by atoms with van der Waals surface area (Å²) in [7, 11) is -3.74. The highest BCUT2D eigenvalue weighted by molar-refractivity contribution is 7.92. The number of rotatable bonds is 7. The number of amides is 1. The maximum atomic E-state index is 12.8. The molecule has 1 aliphatic rings. The molecule has 1 saturated heterocycles. The number of anilines is 1. The summed E-state index contributed by atoms with van der Waals surface area (Å²) in [4.78, 5) is 12.5. The second-order valence-electron chi connectivity index (χ2n) is 7.92. The molecule has 0 spiro atoms. The number of benzene rings is 3. The quantitative estimate of drug-likeness (QED) is 0.560. The molecule has 6 nitrogen and oxygen atoms in total. The van der Waals surface area contributed by atoms with Crippen LogP contribution in [0.4, 0.5) is 5.69 Å². The van der Waals surface area contributed by atoms with Crippen molar-refractivity contribution in [3.05, 3.63) is 83.9 Å². The number of aryl methyl sites for hydroxylation is 1. The first-order valence-electron chi connectivity index (χ1n) is 10.6. The van der Waals surface area contributed by atoms with Crippen molar-refractivity contribution in [1.29, 1.82) is 0 Å². The van der Waals surface area contributed by atoms with Crippen LogP contribution >= 0.6 is 0 Å². The lowest BCUT2D eigenvalue weighted by Crippen LogP contribution is -2.31. The predicted molar refractivity (Wildman–Crippen MR) is 125 cm³/mol. The van der Waals surface area contributed by atoms with E-state index in [0.29, 0.717) is 17.8 Å². The van der Waals surface area contributed by atoms with Gasteiger partial charge in [-0.05, 0) is 67.3 Å². The molecule has 0 saturated carbocycles. The topological polar surface area (TPSA) is 84.5 Å². The Bertz CT molecular complexity index is 1180. The Hall–Kier alpha value is -3.16. The van der Waals surface area contributed by atoms with Crippen LogP contribution in [-0.4, -0.2) is 33.6 Å². The molecule has 1 amide bonds. The van der Waals surface area contributed by atoms with Gasteiger partial charge in [-0.25, -0.2) is 8.42 Å². The van der Waals surface area contributed by atoms with Crippen molar-refractivity contribution in [2.45, 2.75) is 30.8 Å². The fourth-order valence-electron chi connectivity index (χ4n) is 3.67. The fraction of sp³-hybridized carbons (Fsp3) is 0.240. The van der Waals surface area contributed by atoms with E-state index < -0.39 is 10.0 Å². The second kappa shape index (κ2) is 9.54. The Morgan fingerprint density at radius 2 is 1.75 bits per heavy atom. The van der Waals surface area contributed by atoms with Gasteiger partial charge in [0.15, 0.2) is 0 Å². The Kier molecular flexibility index (Phi) is 6.58. The summed E-state index contributed by atoms with van der Waals surface area (Å²) in [6, 6.07) is 21.2. The maximum absolute atomic E-state index is 12.8. The average molecular weight is 451 g/mol. The molecule has 0 aromatic heterocycles. The van der Waals surface area contributed by atoms with Gasteiger partial charge in [0.05, 0.1) is 11.0 Å². The number of hydrogen-bond donors (Lipinski definition) is 2. The van der Waals surface area contributed by atoms with Crippen LogP contribution in [0.15, 0.2) is 77.7 Å². The molecule has 1 aliphatic heterocycles. The summed E-state index contributed by atoms with van der Waals surface area (Å²) in [6.07, 6.45) is 2.04. The van der Waals surface area contributed by atoms with Crippen LogP contribution in [0.1, 0.15) is 28.8 Å². The van der Waals surface area contributed by atoms with Gasteiger partial charge in [0, 0.05) is 24.4 Å². The first kappa shape index (κ1) is 22.0. The van der Waals surface area contributed by atoms with Crippen molar-refractivity contribution in [2.24, 2.45) is 0 Å². The van der Waals surface area contributed by atoms with E-state index in [0.717, 1.165) is 36.1 Å². The molecule has 0 unspecified atom stereocenters. The van der Waals surface area contributed by atoms with E-state index in [1.165, 1.54) is 0 Å². The van der Waals surface area contributed by atoms with Crippen molar-refractivity contribution in [2.75, 3.05) is 17.9 Å². The second-order valence-corrected chi connectivity index (χ2v) is 9.60. The molecular weight excluding hydrogens is 424 g/mol. The zero-order chi connectivity index (χ0) is 22.6. The average Bonchev–Trinajstić information content (AvgIpc) is 3.32. The molecule has 2 N–H and O–H groups in total. The van der Waals surface area contributed by atoms with E-state index in [1.807, 2.05) is 25.1 Å². The van der Waals surface area contributed by atoms with E-state index in [9.17, 15) is 13.2 Å². The number of nitrogens with one attached hydrogen (secondary N) is 2. The molecule has 1 atom stereocenters. The minimum Gasteiger partial charge on any atom is -0.376 e. The molecule has 7 heteroatoms. The molecule has 3 aromatic carbocycles. The number of carbonyl (C=O) groups excluding carboxylic acids is 1. The first-order valence-corrected chi connectivity index (χ1v) is 12.1. The van der Waals surface area contributed by atoms with E-state index in [1.54, 1.807) is 48.5 Å². The smallest absolute Gasteiger partial charge is 0.261 e. The highest BCUT2D eigenvalue weighted by Crippen LogP contribution is 2.23. The summed E-state index contributed by atoms with van der Waals surface area (Å²) < 4.78 is 33.6. The zero-order valence-electron chi connectivity index (χ0n) is 17.9. The highest BCUT2D eigenvalue weighted by atomic mass is 32.2. The third-order valence-corrected chi connectivity index (χ3v) is 6.83. The van der Waals surface area contributed by atoms with Gasteiger partial charge in [0.1, 0.15) is 0 Å². The lowest BCUT2D eigenvalue weighted by molar-refractivity contribution is 0.0858. The standard InChI is InChI=1S/C25H26N2O4S/c1-18-4-2-5-21(16-18)19-9-13-24(14-10-19)32(29,30)27-22-11-7-20(8-12-22)25(28)26-17-23-6-3-15-31-23/h2,4-5,7-14,16,23,27H,3,6,15,17H2,1H3,(H,26,28)/t23-/m1/s1. The molecule has 0 aliphatic carbocycles. The largest absolute Gasteiger partial charge is 0.376 e. The predicted octanol–water partition coefficient (Wildman–Crippen LogP) is 4.37. The Morgan fingerprint density at radius 1 is 1.00 bits per heavy atom. The van der Waals surface area contributed by atoms with Gasteiger partial charge >= 0.3 is 0 Å². The van der Waals surface area contributed by atoms with Crippen molar-refractivity contribution >= 4 is 21.6 Å². The van der Waals surface area contributed by atoms with E-state index >= 15 is 0 Å². The lowest BCUT2D eigenvalue weighted by Gasteiger charge is -2.12. The van der Waals surface area contributed by atoms with Crippen LogP contribution in [0, 0.1) is 6.92 Å². The van der Waals surface area contributed by atoms with Crippen molar-refractivity contribution in [3.63, 3.8) is 0 Å². The number of carbonyl (C=O) groups is 1. The molecule has 1 fully saturated rings. The van der Waals surface area contributed by atoms with Gasteiger partial charge in [-0.1, -0.05) is 42.0 Å². The van der Waals surface area contributed by atoms with Crippen LogP contribution in [0.3, 0.4) is 0 Å². The molecule has 1 heterocycles.